The van der Waals surface area contributed by atoms with Crippen LogP contribution in [-0.2, 0) is 6.61 Å². The van der Waals surface area contributed by atoms with Gasteiger partial charge in [0.2, 0.25) is 5.78 Å². The first-order valence-electron chi connectivity index (χ1n) is 4.81. The fraction of sp³-hybridized carbons (Fsp3) is 0.0833. The summed E-state index contributed by atoms with van der Waals surface area (Å²) in [5.41, 5.74) is 0.0928. The normalized spacial score (nSPS) is 10.5. The van der Waals surface area contributed by atoms with Crippen LogP contribution < -0.4 is 0 Å². The molecule has 0 aliphatic heterocycles. The maximum absolute atomic E-state index is 13.0. The molecule has 0 saturated carbocycles. The Morgan fingerprint density at radius 2 is 1.94 bits per heavy atom. The molecule has 1 N–H and O–H groups in total. The lowest BCUT2D eigenvalue weighted by atomic mass is 10.1. The number of aliphatic hydroxyl groups excluding tert-OH is 1. The van der Waals surface area contributed by atoms with E-state index in [1.165, 1.54) is 6.07 Å². The summed E-state index contributed by atoms with van der Waals surface area (Å²) in [4.78, 5) is 12.9. The highest BCUT2D eigenvalue weighted by molar-refractivity contribution is 7.14. The summed E-state index contributed by atoms with van der Waals surface area (Å²) >= 11 is 1.13. The summed E-state index contributed by atoms with van der Waals surface area (Å²) in [6.07, 6.45) is 0. The van der Waals surface area contributed by atoms with Crippen LogP contribution in [0.25, 0.3) is 0 Å². The van der Waals surface area contributed by atoms with Gasteiger partial charge in [0.1, 0.15) is 0 Å². The molecule has 88 valence electrons. The van der Waals surface area contributed by atoms with Crippen molar-refractivity contribution < 1.29 is 18.7 Å². The predicted molar refractivity (Wildman–Crippen MR) is 60.0 cm³/mol. The molecule has 0 spiro atoms. The number of carbonyl (C=O) groups excluding carboxylic acids is 1. The molecule has 5 heteroatoms. The Bertz CT molecular complexity index is 563. The Labute approximate surface area is 100 Å². The van der Waals surface area contributed by atoms with Gasteiger partial charge in [-0.15, -0.1) is 11.3 Å². The number of ketones is 1. The number of thiophene rings is 1. The average molecular weight is 254 g/mol. The van der Waals surface area contributed by atoms with E-state index in [0.717, 1.165) is 23.5 Å². The maximum atomic E-state index is 13.0. The quantitative estimate of drug-likeness (QED) is 0.855. The molecule has 1 aromatic carbocycles. The Hall–Kier alpha value is -1.59. The molecule has 1 aromatic heterocycles. The van der Waals surface area contributed by atoms with Crippen LogP contribution in [0, 0.1) is 11.6 Å². The van der Waals surface area contributed by atoms with Gasteiger partial charge in [-0.05, 0) is 30.3 Å². The number of hydrogen-bond acceptors (Lipinski definition) is 3. The molecule has 0 fully saturated rings. The van der Waals surface area contributed by atoms with Crippen molar-refractivity contribution >= 4 is 17.1 Å². The largest absolute Gasteiger partial charge is 0.391 e. The zero-order valence-electron chi connectivity index (χ0n) is 8.61. The summed E-state index contributed by atoms with van der Waals surface area (Å²) in [7, 11) is 0. The first kappa shape index (κ1) is 11.9. The van der Waals surface area contributed by atoms with Crippen molar-refractivity contribution in [2.75, 3.05) is 0 Å². The van der Waals surface area contributed by atoms with Crippen LogP contribution >= 0.6 is 11.3 Å². The molecule has 2 aromatic rings. The third-order valence-electron chi connectivity index (χ3n) is 2.22. The van der Waals surface area contributed by atoms with Crippen LogP contribution in [0.15, 0.2) is 30.3 Å². The van der Waals surface area contributed by atoms with Crippen molar-refractivity contribution in [3.63, 3.8) is 0 Å². The van der Waals surface area contributed by atoms with E-state index in [0.29, 0.717) is 9.75 Å². The molecule has 0 bridgehead atoms. The predicted octanol–water partition coefficient (Wildman–Crippen LogP) is 2.75. The molecular weight excluding hydrogens is 246 g/mol. The van der Waals surface area contributed by atoms with Gasteiger partial charge < -0.3 is 5.11 Å². The molecule has 1 heterocycles. The smallest absolute Gasteiger partial charge is 0.203 e. The van der Waals surface area contributed by atoms with E-state index < -0.39 is 11.6 Å². The van der Waals surface area contributed by atoms with Crippen LogP contribution in [0.1, 0.15) is 20.1 Å². The van der Waals surface area contributed by atoms with Crippen molar-refractivity contribution in [3.05, 3.63) is 57.3 Å². The first-order chi connectivity index (χ1) is 8.11. The average Bonchev–Trinajstić information content (AvgIpc) is 2.80. The third kappa shape index (κ3) is 2.40. The third-order valence-corrected chi connectivity index (χ3v) is 3.29. The summed E-state index contributed by atoms with van der Waals surface area (Å²) in [6, 6.07) is 6.20. The van der Waals surface area contributed by atoms with Crippen LogP contribution in [0.2, 0.25) is 0 Å². The van der Waals surface area contributed by atoms with Crippen LogP contribution in [0.4, 0.5) is 8.78 Å². The molecule has 2 nitrogen and oxygen atoms in total. The second-order valence-corrected chi connectivity index (χ2v) is 4.55. The maximum Gasteiger partial charge on any atom is 0.203 e. The lowest BCUT2D eigenvalue weighted by Crippen LogP contribution is -2.00. The molecule has 17 heavy (non-hydrogen) atoms. The number of benzene rings is 1. The van der Waals surface area contributed by atoms with Crippen molar-refractivity contribution in [1.29, 1.82) is 0 Å². The molecule has 0 atom stereocenters. The fourth-order valence-corrected chi connectivity index (χ4v) is 2.19. The second kappa shape index (κ2) is 4.73. The number of hydrogen-bond donors (Lipinski definition) is 1. The Balaban J connectivity index is 2.33. The Morgan fingerprint density at radius 1 is 1.18 bits per heavy atom. The topological polar surface area (TPSA) is 37.3 Å². The molecule has 0 aliphatic carbocycles. The number of halogens is 2. The SMILES string of the molecule is O=C(c1ccc(F)c(F)c1)c1ccc(CO)s1. The van der Waals surface area contributed by atoms with Crippen molar-refractivity contribution in [3.8, 4) is 0 Å². The van der Waals surface area contributed by atoms with E-state index in [1.54, 1.807) is 12.1 Å². The lowest BCUT2D eigenvalue weighted by molar-refractivity contribution is 0.104. The minimum Gasteiger partial charge on any atom is -0.391 e. The summed E-state index contributed by atoms with van der Waals surface area (Å²) in [5, 5.41) is 8.87. The molecule has 0 saturated heterocycles. The van der Waals surface area contributed by atoms with Crippen LogP contribution in [-0.4, -0.2) is 10.9 Å². The highest BCUT2D eigenvalue weighted by atomic mass is 32.1. The Kier molecular flexibility index (Phi) is 3.31. The summed E-state index contributed by atoms with van der Waals surface area (Å²) in [6.45, 7) is -0.143. The number of carbonyl (C=O) groups is 1. The van der Waals surface area contributed by atoms with Gasteiger partial charge in [-0.2, -0.15) is 0 Å². The molecule has 0 amide bonds. The molecule has 0 unspecified atom stereocenters. The number of aliphatic hydroxyl groups is 1. The summed E-state index contributed by atoms with van der Waals surface area (Å²) < 4.78 is 25.7. The lowest BCUT2D eigenvalue weighted by Gasteiger charge is -1.99. The number of rotatable bonds is 3. The van der Waals surface area contributed by atoms with E-state index in [4.69, 9.17) is 5.11 Å². The summed E-state index contributed by atoms with van der Waals surface area (Å²) in [5.74, 6) is -2.41. The molecule has 0 aliphatic rings. The van der Waals surface area contributed by atoms with E-state index in [2.05, 4.69) is 0 Å². The first-order valence-corrected chi connectivity index (χ1v) is 5.63. The minimum absolute atomic E-state index is 0.0928. The second-order valence-electron chi connectivity index (χ2n) is 3.38. The molecular formula is C12H8F2O2S. The standard InChI is InChI=1S/C12H8F2O2S/c13-9-3-1-7(5-10(9)14)12(16)11-4-2-8(6-15)17-11/h1-5,15H,6H2. The van der Waals surface area contributed by atoms with Crippen LogP contribution in [0.5, 0.6) is 0 Å². The fourth-order valence-electron chi connectivity index (χ4n) is 1.36. The van der Waals surface area contributed by atoms with Gasteiger partial charge in [-0.3, -0.25) is 4.79 Å². The van der Waals surface area contributed by atoms with E-state index in [1.807, 2.05) is 0 Å². The van der Waals surface area contributed by atoms with Gasteiger partial charge in [0.15, 0.2) is 11.6 Å². The van der Waals surface area contributed by atoms with Gasteiger partial charge in [0.05, 0.1) is 11.5 Å². The van der Waals surface area contributed by atoms with Crippen molar-refractivity contribution in [2.45, 2.75) is 6.61 Å². The molecule has 2 rings (SSSR count). The zero-order valence-corrected chi connectivity index (χ0v) is 9.43. The monoisotopic (exact) mass is 254 g/mol. The van der Waals surface area contributed by atoms with E-state index in [9.17, 15) is 13.6 Å². The van der Waals surface area contributed by atoms with E-state index >= 15 is 0 Å². The van der Waals surface area contributed by atoms with Crippen molar-refractivity contribution in [2.24, 2.45) is 0 Å². The highest BCUT2D eigenvalue weighted by Gasteiger charge is 2.13. The van der Waals surface area contributed by atoms with Crippen LogP contribution in [0.3, 0.4) is 0 Å². The van der Waals surface area contributed by atoms with E-state index in [-0.39, 0.29) is 18.0 Å². The van der Waals surface area contributed by atoms with Gasteiger partial charge in [-0.25, -0.2) is 8.78 Å². The zero-order chi connectivity index (χ0) is 12.4. The van der Waals surface area contributed by atoms with Gasteiger partial charge in [0, 0.05) is 10.4 Å². The molecule has 0 radical (unpaired) electrons. The van der Waals surface area contributed by atoms with Gasteiger partial charge in [-0.1, -0.05) is 0 Å². The minimum atomic E-state index is -1.05. The Morgan fingerprint density at radius 3 is 2.53 bits per heavy atom. The van der Waals surface area contributed by atoms with Gasteiger partial charge >= 0.3 is 0 Å². The van der Waals surface area contributed by atoms with Crippen molar-refractivity contribution in [1.82, 2.24) is 0 Å². The highest BCUT2D eigenvalue weighted by Crippen LogP contribution is 2.21. The van der Waals surface area contributed by atoms with Gasteiger partial charge in [0.25, 0.3) is 0 Å².